The van der Waals surface area contributed by atoms with Gasteiger partial charge in [-0.3, -0.25) is 9.59 Å². The zero-order valence-electron chi connectivity index (χ0n) is 14.7. The Balaban J connectivity index is 1.69. The van der Waals surface area contributed by atoms with E-state index in [1.165, 1.54) is 16.6 Å². The number of hydrogen-bond acceptors (Lipinski definition) is 4. The normalized spacial score (nSPS) is 18.7. The predicted molar refractivity (Wildman–Crippen MR) is 101 cm³/mol. The molecule has 2 aromatic rings. The lowest BCUT2D eigenvalue weighted by Gasteiger charge is -2.33. The van der Waals surface area contributed by atoms with Gasteiger partial charge in [0.2, 0.25) is 15.6 Å². The number of para-hydroxylation sites is 1. The average Bonchev–Trinajstić information content (AvgIpc) is 2.60. The average molecular weight is 377 g/mol. The van der Waals surface area contributed by atoms with Crippen molar-refractivity contribution >= 4 is 26.8 Å². The van der Waals surface area contributed by atoms with Gasteiger partial charge in [-0.25, -0.2) is 8.42 Å². The van der Waals surface area contributed by atoms with Gasteiger partial charge >= 0.3 is 0 Å². The van der Waals surface area contributed by atoms with E-state index in [9.17, 15) is 18.0 Å². The van der Waals surface area contributed by atoms with Crippen LogP contribution < -0.4 is 10.9 Å². The maximum absolute atomic E-state index is 12.5. The Morgan fingerprint density at radius 3 is 2.85 bits per heavy atom. The summed E-state index contributed by atoms with van der Waals surface area (Å²) in [7, 11) is -3.24. The number of benzene rings is 1. The maximum atomic E-state index is 12.5. The number of hydrogen-bond donors (Lipinski definition) is 2. The Labute approximate surface area is 152 Å². The molecule has 1 aromatic heterocycles. The molecule has 7 nitrogen and oxygen atoms in total. The lowest BCUT2D eigenvalue weighted by molar-refractivity contribution is 0.0951. The lowest BCUT2D eigenvalue weighted by Crippen LogP contribution is -2.44. The summed E-state index contributed by atoms with van der Waals surface area (Å²) in [5.74, 6) is -0.325. The Bertz CT molecular complexity index is 968. The molecule has 140 valence electrons. The second-order valence-corrected chi connectivity index (χ2v) is 8.60. The van der Waals surface area contributed by atoms with E-state index in [1.807, 2.05) is 6.07 Å². The molecular weight excluding hydrogens is 354 g/mol. The van der Waals surface area contributed by atoms with Crippen LogP contribution in [0.25, 0.3) is 10.9 Å². The van der Waals surface area contributed by atoms with Crippen molar-refractivity contribution in [1.29, 1.82) is 0 Å². The van der Waals surface area contributed by atoms with E-state index in [2.05, 4.69) is 10.3 Å². The highest BCUT2D eigenvalue weighted by atomic mass is 32.2. The molecule has 1 amide bonds. The van der Waals surface area contributed by atoms with Crippen LogP contribution in [-0.2, 0) is 10.0 Å². The van der Waals surface area contributed by atoms with Gasteiger partial charge in [0.1, 0.15) is 0 Å². The SMILES string of the molecule is CS(=O)(=O)N1CCCC[C@@H]1CCNC(=O)c1cc(=O)[nH]c2ccccc12. The van der Waals surface area contributed by atoms with Crippen LogP contribution in [0.2, 0.25) is 0 Å². The Morgan fingerprint density at radius 1 is 1.31 bits per heavy atom. The minimum Gasteiger partial charge on any atom is -0.352 e. The van der Waals surface area contributed by atoms with Crippen LogP contribution in [0.4, 0.5) is 0 Å². The van der Waals surface area contributed by atoms with Gasteiger partial charge in [0.25, 0.3) is 5.91 Å². The molecule has 1 fully saturated rings. The summed E-state index contributed by atoms with van der Waals surface area (Å²) in [6.07, 6.45) is 4.45. The molecule has 2 N–H and O–H groups in total. The summed E-state index contributed by atoms with van der Waals surface area (Å²) in [6, 6.07) is 8.34. The number of carbonyl (C=O) groups excluding carboxylic acids is 1. The first-order chi connectivity index (χ1) is 12.4. The minimum atomic E-state index is -3.24. The number of aromatic nitrogens is 1. The summed E-state index contributed by atoms with van der Waals surface area (Å²) in [5, 5.41) is 3.50. The van der Waals surface area contributed by atoms with Gasteiger partial charge in [0, 0.05) is 36.1 Å². The number of nitrogens with zero attached hydrogens (tertiary/aromatic N) is 1. The highest BCUT2D eigenvalue weighted by molar-refractivity contribution is 7.88. The van der Waals surface area contributed by atoms with Crippen molar-refractivity contribution in [2.24, 2.45) is 0 Å². The number of H-pyrrole nitrogens is 1. The van der Waals surface area contributed by atoms with Gasteiger partial charge in [-0.2, -0.15) is 4.31 Å². The molecule has 1 aliphatic heterocycles. The highest BCUT2D eigenvalue weighted by Gasteiger charge is 2.29. The van der Waals surface area contributed by atoms with Crippen molar-refractivity contribution in [1.82, 2.24) is 14.6 Å². The molecule has 0 unspecified atom stereocenters. The molecule has 1 atom stereocenters. The van der Waals surface area contributed by atoms with E-state index < -0.39 is 10.0 Å². The maximum Gasteiger partial charge on any atom is 0.252 e. The first-order valence-electron chi connectivity index (χ1n) is 8.73. The third-order valence-electron chi connectivity index (χ3n) is 4.76. The molecule has 0 aliphatic carbocycles. The van der Waals surface area contributed by atoms with Crippen LogP contribution in [0.1, 0.15) is 36.0 Å². The van der Waals surface area contributed by atoms with Crippen LogP contribution in [0, 0.1) is 0 Å². The molecule has 0 bridgehead atoms. The Morgan fingerprint density at radius 2 is 2.08 bits per heavy atom. The van der Waals surface area contributed by atoms with E-state index in [1.54, 1.807) is 18.2 Å². The highest BCUT2D eigenvalue weighted by Crippen LogP contribution is 2.22. The third kappa shape index (κ3) is 4.13. The number of fused-ring (bicyclic) bond motifs is 1. The van der Waals surface area contributed by atoms with Crippen molar-refractivity contribution in [3.05, 3.63) is 46.2 Å². The molecule has 0 radical (unpaired) electrons. The molecule has 26 heavy (non-hydrogen) atoms. The predicted octanol–water partition coefficient (Wildman–Crippen LogP) is 1.46. The Hall–Kier alpha value is -2.19. The fourth-order valence-corrected chi connectivity index (χ4v) is 4.75. The van der Waals surface area contributed by atoms with E-state index in [4.69, 9.17) is 0 Å². The molecule has 2 heterocycles. The van der Waals surface area contributed by atoms with Crippen LogP contribution >= 0.6 is 0 Å². The number of pyridine rings is 1. The van der Waals surface area contributed by atoms with Gasteiger partial charge in [0.05, 0.1) is 11.8 Å². The monoisotopic (exact) mass is 377 g/mol. The van der Waals surface area contributed by atoms with Crippen molar-refractivity contribution in [3.63, 3.8) is 0 Å². The minimum absolute atomic E-state index is 0.0880. The van der Waals surface area contributed by atoms with Crippen LogP contribution in [0.3, 0.4) is 0 Å². The Kier molecular flexibility index (Phi) is 5.43. The van der Waals surface area contributed by atoms with Crippen LogP contribution in [-0.4, -0.2) is 49.0 Å². The topological polar surface area (TPSA) is 99.3 Å². The summed E-state index contributed by atoms with van der Waals surface area (Å²) in [5.41, 5.74) is 0.609. The number of amides is 1. The molecule has 1 aliphatic rings. The fraction of sp³-hybridized carbons (Fsp3) is 0.444. The molecule has 1 saturated heterocycles. The zero-order chi connectivity index (χ0) is 18.7. The standard InChI is InChI=1S/C18H23N3O4S/c1-26(24,25)21-11-5-4-6-13(21)9-10-19-18(23)15-12-17(22)20-16-8-3-2-7-14(15)16/h2-3,7-8,12-13H,4-6,9-11H2,1H3,(H,19,23)(H,20,22)/t13-/m1/s1. The number of aromatic amines is 1. The fourth-order valence-electron chi connectivity index (χ4n) is 3.54. The molecule has 3 rings (SSSR count). The number of piperidine rings is 1. The van der Waals surface area contributed by atoms with Crippen molar-refractivity contribution < 1.29 is 13.2 Å². The number of carbonyl (C=O) groups is 1. The van der Waals surface area contributed by atoms with Crippen molar-refractivity contribution in [2.75, 3.05) is 19.3 Å². The molecule has 8 heteroatoms. The van der Waals surface area contributed by atoms with Gasteiger partial charge in [-0.05, 0) is 25.3 Å². The van der Waals surface area contributed by atoms with Gasteiger partial charge in [-0.15, -0.1) is 0 Å². The number of nitrogens with one attached hydrogen (secondary N) is 2. The van der Waals surface area contributed by atoms with E-state index in [0.717, 1.165) is 19.3 Å². The summed E-state index contributed by atoms with van der Waals surface area (Å²) in [6.45, 7) is 0.896. The van der Waals surface area contributed by atoms with Crippen LogP contribution in [0.5, 0.6) is 0 Å². The summed E-state index contributed by atoms with van der Waals surface area (Å²) < 4.78 is 25.3. The van der Waals surface area contributed by atoms with Crippen LogP contribution in [0.15, 0.2) is 35.1 Å². The molecule has 0 saturated carbocycles. The zero-order valence-corrected chi connectivity index (χ0v) is 15.5. The van der Waals surface area contributed by atoms with Crippen molar-refractivity contribution in [3.8, 4) is 0 Å². The first kappa shape index (κ1) is 18.6. The molecular formula is C18H23N3O4S. The molecule has 1 aromatic carbocycles. The van der Waals surface area contributed by atoms with Gasteiger partial charge < -0.3 is 10.3 Å². The number of rotatable bonds is 5. The summed E-state index contributed by atoms with van der Waals surface area (Å²) >= 11 is 0. The third-order valence-corrected chi connectivity index (χ3v) is 6.09. The van der Waals surface area contributed by atoms with Gasteiger partial charge in [0.15, 0.2) is 0 Å². The lowest BCUT2D eigenvalue weighted by atomic mass is 10.0. The van der Waals surface area contributed by atoms with Gasteiger partial charge in [-0.1, -0.05) is 24.6 Å². The quantitative estimate of drug-likeness (QED) is 0.824. The van der Waals surface area contributed by atoms with E-state index in [0.29, 0.717) is 36.0 Å². The molecule has 0 spiro atoms. The first-order valence-corrected chi connectivity index (χ1v) is 10.6. The second kappa shape index (κ2) is 7.59. The smallest absolute Gasteiger partial charge is 0.252 e. The van der Waals surface area contributed by atoms with E-state index >= 15 is 0 Å². The summed E-state index contributed by atoms with van der Waals surface area (Å²) in [4.78, 5) is 27.0. The second-order valence-electron chi connectivity index (χ2n) is 6.66. The van der Waals surface area contributed by atoms with E-state index in [-0.39, 0.29) is 17.5 Å². The number of sulfonamides is 1. The van der Waals surface area contributed by atoms with Crippen molar-refractivity contribution in [2.45, 2.75) is 31.7 Å². The largest absolute Gasteiger partial charge is 0.352 e.